The van der Waals surface area contributed by atoms with Crippen molar-refractivity contribution in [3.8, 4) is 0 Å². The van der Waals surface area contributed by atoms with Gasteiger partial charge in [-0.25, -0.2) is 0 Å². The van der Waals surface area contributed by atoms with Gasteiger partial charge in [0.1, 0.15) is 11.0 Å². The first-order chi connectivity index (χ1) is 13.9. The molecule has 1 aliphatic rings. The van der Waals surface area contributed by atoms with Crippen LogP contribution < -0.4 is 16.6 Å². The number of hydrogen-bond donors (Lipinski definition) is 2. The van der Waals surface area contributed by atoms with Crippen molar-refractivity contribution in [1.29, 1.82) is 0 Å². The molecule has 1 aromatic carbocycles. The largest absolute Gasteiger partial charge is 0.365 e. The van der Waals surface area contributed by atoms with Crippen LogP contribution in [0.2, 0.25) is 0 Å². The molecule has 0 fully saturated rings. The van der Waals surface area contributed by atoms with E-state index in [0.29, 0.717) is 16.1 Å². The van der Waals surface area contributed by atoms with Crippen LogP contribution in [0.3, 0.4) is 0 Å². The number of rotatable bonds is 4. The highest BCUT2D eigenvalue weighted by Crippen LogP contribution is 2.38. The number of amides is 2. The molecule has 3 N–H and O–H groups in total. The van der Waals surface area contributed by atoms with E-state index in [1.807, 2.05) is 31.2 Å². The lowest BCUT2D eigenvalue weighted by Crippen LogP contribution is -2.32. The second-order valence-corrected chi connectivity index (χ2v) is 8.60. The van der Waals surface area contributed by atoms with Gasteiger partial charge in [0.25, 0.3) is 11.5 Å². The smallest absolute Gasteiger partial charge is 0.252 e. The number of para-hydroxylation sites is 1. The van der Waals surface area contributed by atoms with Crippen LogP contribution in [0.4, 0.5) is 5.00 Å². The molecule has 3 aromatic rings. The first kappa shape index (κ1) is 19.4. The normalized spacial score (nSPS) is 14.4. The van der Waals surface area contributed by atoms with Gasteiger partial charge in [0.05, 0.1) is 11.1 Å². The number of carbonyl (C=O) groups excluding carboxylic acids is 2. The second-order valence-electron chi connectivity index (χ2n) is 7.50. The zero-order valence-electron chi connectivity index (χ0n) is 16.5. The van der Waals surface area contributed by atoms with E-state index in [2.05, 4.69) is 5.32 Å². The van der Waals surface area contributed by atoms with Gasteiger partial charge in [0, 0.05) is 16.3 Å². The molecular formula is C22H23N3O3S. The molecule has 7 heteroatoms. The summed E-state index contributed by atoms with van der Waals surface area (Å²) in [6.07, 6.45) is 3.78. The number of pyridine rings is 1. The van der Waals surface area contributed by atoms with Crippen LogP contribution in [0.25, 0.3) is 10.9 Å². The van der Waals surface area contributed by atoms with Gasteiger partial charge >= 0.3 is 0 Å². The molecular weight excluding hydrogens is 386 g/mol. The summed E-state index contributed by atoms with van der Waals surface area (Å²) in [6, 6.07) is 8.33. The molecule has 4 rings (SSSR count). The van der Waals surface area contributed by atoms with Crippen molar-refractivity contribution >= 4 is 39.1 Å². The Hall–Kier alpha value is -2.93. The first-order valence-electron chi connectivity index (χ1n) is 9.74. The molecule has 29 heavy (non-hydrogen) atoms. The third kappa shape index (κ3) is 3.35. The SMILES string of the molecule is Cc1cc(=O)n(C(C)C(=O)Nc2sc3c(c2C(N)=O)CCCC3)c2ccccc12. The number of nitrogens with zero attached hydrogens (tertiary/aromatic N) is 1. The summed E-state index contributed by atoms with van der Waals surface area (Å²) in [6.45, 7) is 3.57. The van der Waals surface area contributed by atoms with Gasteiger partial charge in [0.2, 0.25) is 5.91 Å². The number of fused-ring (bicyclic) bond motifs is 2. The van der Waals surface area contributed by atoms with E-state index < -0.39 is 11.9 Å². The van der Waals surface area contributed by atoms with Gasteiger partial charge < -0.3 is 11.1 Å². The zero-order chi connectivity index (χ0) is 20.7. The average molecular weight is 410 g/mol. The summed E-state index contributed by atoms with van der Waals surface area (Å²) in [7, 11) is 0. The Bertz CT molecular complexity index is 1190. The number of aromatic nitrogens is 1. The Morgan fingerprint density at radius 1 is 1.21 bits per heavy atom. The fraction of sp³-hybridized carbons (Fsp3) is 0.318. The van der Waals surface area contributed by atoms with E-state index in [1.165, 1.54) is 15.9 Å². The number of nitrogens with one attached hydrogen (secondary N) is 1. The summed E-state index contributed by atoms with van der Waals surface area (Å²) < 4.78 is 1.50. The number of hydrogen-bond acceptors (Lipinski definition) is 4. The summed E-state index contributed by atoms with van der Waals surface area (Å²) >= 11 is 1.42. The lowest BCUT2D eigenvalue weighted by molar-refractivity contribution is -0.118. The highest BCUT2D eigenvalue weighted by molar-refractivity contribution is 7.17. The first-order valence-corrected chi connectivity index (χ1v) is 10.6. The summed E-state index contributed by atoms with van der Waals surface area (Å²) in [5.74, 6) is -0.868. The Morgan fingerprint density at radius 2 is 1.93 bits per heavy atom. The van der Waals surface area contributed by atoms with Gasteiger partial charge in [-0.15, -0.1) is 11.3 Å². The minimum atomic E-state index is -0.743. The number of benzene rings is 1. The predicted molar refractivity (Wildman–Crippen MR) is 116 cm³/mol. The van der Waals surface area contributed by atoms with E-state index in [4.69, 9.17) is 5.73 Å². The Morgan fingerprint density at radius 3 is 2.69 bits per heavy atom. The van der Waals surface area contributed by atoms with E-state index in [-0.39, 0.29) is 11.5 Å². The molecule has 2 amide bonds. The van der Waals surface area contributed by atoms with Crippen LogP contribution in [0.5, 0.6) is 0 Å². The topological polar surface area (TPSA) is 94.2 Å². The van der Waals surface area contributed by atoms with Crippen LogP contribution in [-0.4, -0.2) is 16.4 Å². The molecule has 150 valence electrons. The summed E-state index contributed by atoms with van der Waals surface area (Å²) in [5.41, 5.74) is 8.36. The zero-order valence-corrected chi connectivity index (χ0v) is 17.3. The van der Waals surface area contributed by atoms with Gasteiger partial charge in [-0.2, -0.15) is 0 Å². The van der Waals surface area contributed by atoms with Gasteiger partial charge in [-0.05, 0) is 56.7 Å². The van der Waals surface area contributed by atoms with Crippen molar-refractivity contribution in [1.82, 2.24) is 4.57 Å². The van der Waals surface area contributed by atoms with Crippen LogP contribution in [-0.2, 0) is 17.6 Å². The molecule has 6 nitrogen and oxygen atoms in total. The minimum absolute atomic E-state index is 0.232. The third-order valence-electron chi connectivity index (χ3n) is 5.59. The quantitative estimate of drug-likeness (QED) is 0.690. The van der Waals surface area contributed by atoms with Crippen molar-refractivity contribution < 1.29 is 9.59 Å². The second kappa shape index (κ2) is 7.48. The maximum absolute atomic E-state index is 13.1. The predicted octanol–water partition coefficient (Wildman–Crippen LogP) is 3.55. The van der Waals surface area contributed by atoms with Crippen LogP contribution >= 0.6 is 11.3 Å². The molecule has 2 aromatic heterocycles. The van der Waals surface area contributed by atoms with E-state index >= 15 is 0 Å². The van der Waals surface area contributed by atoms with Crippen molar-refractivity contribution in [2.75, 3.05) is 5.32 Å². The fourth-order valence-corrected chi connectivity index (χ4v) is 5.41. The van der Waals surface area contributed by atoms with E-state index in [9.17, 15) is 14.4 Å². The molecule has 0 radical (unpaired) electrons. The van der Waals surface area contributed by atoms with Crippen LogP contribution in [0, 0.1) is 6.92 Å². The maximum Gasteiger partial charge on any atom is 0.252 e. The lowest BCUT2D eigenvalue weighted by Gasteiger charge is -2.18. The van der Waals surface area contributed by atoms with Crippen molar-refractivity contribution in [3.63, 3.8) is 0 Å². The van der Waals surface area contributed by atoms with Crippen LogP contribution in [0.15, 0.2) is 35.1 Å². The number of nitrogens with two attached hydrogens (primary N) is 1. The molecule has 0 aliphatic heterocycles. The third-order valence-corrected chi connectivity index (χ3v) is 6.79. The Labute approximate surface area is 172 Å². The highest BCUT2D eigenvalue weighted by atomic mass is 32.1. The summed E-state index contributed by atoms with van der Waals surface area (Å²) in [4.78, 5) is 38.9. The molecule has 0 bridgehead atoms. The van der Waals surface area contributed by atoms with Gasteiger partial charge in [0.15, 0.2) is 0 Å². The number of carbonyl (C=O) groups is 2. The number of aryl methyl sites for hydroxylation is 2. The molecule has 1 unspecified atom stereocenters. The van der Waals surface area contributed by atoms with Crippen molar-refractivity contribution in [3.05, 3.63) is 62.3 Å². The van der Waals surface area contributed by atoms with Gasteiger partial charge in [-0.1, -0.05) is 18.2 Å². The van der Waals surface area contributed by atoms with Crippen molar-refractivity contribution in [2.45, 2.75) is 45.6 Å². The average Bonchev–Trinajstić information content (AvgIpc) is 3.05. The van der Waals surface area contributed by atoms with Crippen molar-refractivity contribution in [2.24, 2.45) is 5.73 Å². The minimum Gasteiger partial charge on any atom is -0.365 e. The molecule has 0 saturated heterocycles. The lowest BCUT2D eigenvalue weighted by atomic mass is 9.95. The molecule has 0 spiro atoms. The molecule has 2 heterocycles. The molecule has 1 aliphatic carbocycles. The van der Waals surface area contributed by atoms with E-state index in [0.717, 1.165) is 47.1 Å². The molecule has 1 atom stereocenters. The number of thiophene rings is 1. The summed E-state index contributed by atoms with van der Waals surface area (Å²) in [5, 5.41) is 4.29. The fourth-order valence-electron chi connectivity index (χ4n) is 4.12. The molecule has 0 saturated carbocycles. The maximum atomic E-state index is 13.1. The van der Waals surface area contributed by atoms with Gasteiger partial charge in [-0.3, -0.25) is 19.0 Å². The standard InChI is InChI=1S/C22H23N3O3S/c1-12-11-18(26)25(16-9-5-3-7-14(12)16)13(2)21(28)24-22-19(20(23)27)15-8-4-6-10-17(15)29-22/h3,5,7,9,11,13H,4,6,8,10H2,1-2H3,(H2,23,27)(H,24,28). The number of anilines is 1. The van der Waals surface area contributed by atoms with Crippen LogP contribution in [0.1, 0.15) is 52.2 Å². The highest BCUT2D eigenvalue weighted by Gasteiger charge is 2.27. The monoisotopic (exact) mass is 409 g/mol. The number of primary amides is 1. The van der Waals surface area contributed by atoms with E-state index in [1.54, 1.807) is 13.0 Å². The Kier molecular flexibility index (Phi) is 5.00. The Balaban J connectivity index is 1.72.